The highest BCUT2D eigenvalue weighted by molar-refractivity contribution is 6.32. The number of nitrogens with zero attached hydrogens (tertiary/aromatic N) is 2. The SMILES string of the molecule is Clc1ncc(Cl)c(OC2CCCNCC2)n1. The molecule has 1 saturated heterocycles. The minimum Gasteiger partial charge on any atom is -0.473 e. The highest BCUT2D eigenvalue weighted by Crippen LogP contribution is 2.24. The zero-order valence-corrected chi connectivity index (χ0v) is 10.3. The third kappa shape index (κ3) is 3.20. The minimum atomic E-state index is 0.151. The molecule has 0 amide bonds. The molecule has 2 rings (SSSR count). The number of halogens is 2. The number of nitrogens with one attached hydrogen (secondary N) is 1. The smallest absolute Gasteiger partial charge is 0.237 e. The van der Waals surface area contributed by atoms with Gasteiger partial charge >= 0.3 is 0 Å². The Morgan fingerprint density at radius 2 is 2.19 bits per heavy atom. The monoisotopic (exact) mass is 261 g/mol. The molecule has 1 aliphatic rings. The van der Waals surface area contributed by atoms with E-state index in [1.54, 1.807) is 0 Å². The van der Waals surface area contributed by atoms with Gasteiger partial charge in [-0.05, 0) is 44.0 Å². The first-order valence-electron chi connectivity index (χ1n) is 5.31. The topological polar surface area (TPSA) is 47.0 Å². The maximum absolute atomic E-state index is 5.93. The van der Waals surface area contributed by atoms with Crippen LogP contribution in [-0.4, -0.2) is 29.2 Å². The Morgan fingerprint density at radius 1 is 1.31 bits per heavy atom. The van der Waals surface area contributed by atoms with Crippen LogP contribution in [0.3, 0.4) is 0 Å². The summed E-state index contributed by atoms with van der Waals surface area (Å²) in [4.78, 5) is 7.76. The Kier molecular flexibility index (Phi) is 4.21. The molecular weight excluding hydrogens is 249 g/mol. The van der Waals surface area contributed by atoms with Crippen molar-refractivity contribution < 1.29 is 4.74 Å². The molecule has 1 aromatic heterocycles. The zero-order valence-electron chi connectivity index (χ0n) is 8.75. The van der Waals surface area contributed by atoms with Crippen LogP contribution in [0.2, 0.25) is 10.3 Å². The summed E-state index contributed by atoms with van der Waals surface area (Å²) < 4.78 is 5.74. The fourth-order valence-electron chi connectivity index (χ4n) is 1.68. The van der Waals surface area contributed by atoms with Crippen LogP contribution in [0, 0.1) is 0 Å². The van der Waals surface area contributed by atoms with Crippen LogP contribution in [0.5, 0.6) is 5.88 Å². The van der Waals surface area contributed by atoms with E-state index in [4.69, 9.17) is 27.9 Å². The van der Waals surface area contributed by atoms with Crippen LogP contribution in [0.1, 0.15) is 19.3 Å². The normalized spacial score (nSPS) is 21.5. The fourth-order valence-corrected chi connectivity index (χ4v) is 1.94. The summed E-state index contributed by atoms with van der Waals surface area (Å²) >= 11 is 11.6. The second kappa shape index (κ2) is 5.66. The van der Waals surface area contributed by atoms with E-state index in [-0.39, 0.29) is 11.4 Å². The van der Waals surface area contributed by atoms with E-state index in [0.29, 0.717) is 10.9 Å². The van der Waals surface area contributed by atoms with E-state index < -0.39 is 0 Å². The number of ether oxygens (including phenoxy) is 1. The predicted molar refractivity (Wildman–Crippen MR) is 63.2 cm³/mol. The maximum atomic E-state index is 5.93. The van der Waals surface area contributed by atoms with Crippen molar-refractivity contribution in [3.8, 4) is 5.88 Å². The van der Waals surface area contributed by atoms with E-state index in [9.17, 15) is 0 Å². The van der Waals surface area contributed by atoms with Crippen LogP contribution < -0.4 is 10.1 Å². The summed E-state index contributed by atoms with van der Waals surface area (Å²) in [5.41, 5.74) is 0. The second-order valence-electron chi connectivity index (χ2n) is 3.71. The van der Waals surface area contributed by atoms with Crippen LogP contribution in [0.4, 0.5) is 0 Å². The summed E-state index contributed by atoms with van der Waals surface area (Å²) in [7, 11) is 0. The maximum Gasteiger partial charge on any atom is 0.237 e. The minimum absolute atomic E-state index is 0.151. The Morgan fingerprint density at radius 3 is 3.06 bits per heavy atom. The molecule has 1 unspecified atom stereocenters. The molecule has 1 aliphatic heterocycles. The molecule has 1 fully saturated rings. The summed E-state index contributed by atoms with van der Waals surface area (Å²) in [5, 5.41) is 3.88. The van der Waals surface area contributed by atoms with Gasteiger partial charge in [0.2, 0.25) is 11.2 Å². The van der Waals surface area contributed by atoms with Crippen LogP contribution in [0.25, 0.3) is 0 Å². The van der Waals surface area contributed by atoms with Crippen molar-refractivity contribution in [1.82, 2.24) is 15.3 Å². The van der Waals surface area contributed by atoms with Crippen molar-refractivity contribution in [1.29, 1.82) is 0 Å². The quantitative estimate of drug-likeness (QED) is 0.831. The Balaban J connectivity index is 2.04. The molecule has 1 atom stereocenters. The molecule has 0 radical (unpaired) electrons. The van der Waals surface area contributed by atoms with Gasteiger partial charge in [0.15, 0.2) is 0 Å². The van der Waals surface area contributed by atoms with Crippen molar-refractivity contribution in [2.45, 2.75) is 25.4 Å². The third-order valence-electron chi connectivity index (χ3n) is 2.48. The molecule has 1 N–H and O–H groups in total. The van der Waals surface area contributed by atoms with Crippen LogP contribution >= 0.6 is 23.2 Å². The zero-order chi connectivity index (χ0) is 11.4. The molecule has 0 aromatic carbocycles. The molecule has 4 nitrogen and oxygen atoms in total. The molecule has 0 saturated carbocycles. The van der Waals surface area contributed by atoms with E-state index in [0.717, 1.165) is 32.4 Å². The number of hydrogen-bond donors (Lipinski definition) is 1. The first-order chi connectivity index (χ1) is 7.75. The van der Waals surface area contributed by atoms with Gasteiger partial charge in [-0.2, -0.15) is 4.98 Å². The molecule has 2 heterocycles. The van der Waals surface area contributed by atoms with Crippen molar-refractivity contribution in [2.24, 2.45) is 0 Å². The van der Waals surface area contributed by atoms with Gasteiger partial charge in [0.1, 0.15) is 11.1 Å². The highest BCUT2D eigenvalue weighted by atomic mass is 35.5. The van der Waals surface area contributed by atoms with Crippen molar-refractivity contribution in [2.75, 3.05) is 13.1 Å². The second-order valence-corrected chi connectivity index (χ2v) is 4.46. The van der Waals surface area contributed by atoms with Gasteiger partial charge in [-0.25, -0.2) is 4.98 Å². The van der Waals surface area contributed by atoms with E-state index >= 15 is 0 Å². The molecule has 0 bridgehead atoms. The summed E-state index contributed by atoms with van der Waals surface area (Å²) in [5.74, 6) is 0.383. The summed E-state index contributed by atoms with van der Waals surface area (Å²) in [6, 6.07) is 0. The summed E-state index contributed by atoms with van der Waals surface area (Å²) in [6.07, 6.45) is 4.67. The fraction of sp³-hybridized carbons (Fsp3) is 0.600. The van der Waals surface area contributed by atoms with Gasteiger partial charge in [0.25, 0.3) is 0 Å². The lowest BCUT2D eigenvalue weighted by Crippen LogP contribution is -2.20. The van der Waals surface area contributed by atoms with Crippen LogP contribution in [0.15, 0.2) is 6.20 Å². The summed E-state index contributed by atoms with van der Waals surface area (Å²) in [6.45, 7) is 2.00. The first kappa shape index (κ1) is 11.9. The molecule has 88 valence electrons. The van der Waals surface area contributed by atoms with Crippen molar-refractivity contribution >= 4 is 23.2 Å². The third-order valence-corrected chi connectivity index (χ3v) is 2.92. The van der Waals surface area contributed by atoms with Gasteiger partial charge in [0, 0.05) is 0 Å². The van der Waals surface area contributed by atoms with Crippen LogP contribution in [-0.2, 0) is 0 Å². The molecule has 1 aromatic rings. The Hall–Kier alpha value is -0.580. The predicted octanol–water partition coefficient (Wildman–Crippen LogP) is 2.30. The van der Waals surface area contributed by atoms with Gasteiger partial charge in [-0.3, -0.25) is 0 Å². The van der Waals surface area contributed by atoms with Gasteiger partial charge < -0.3 is 10.1 Å². The molecule has 6 heteroatoms. The number of aromatic nitrogens is 2. The average Bonchev–Trinajstić information content (AvgIpc) is 2.52. The van der Waals surface area contributed by atoms with Gasteiger partial charge in [-0.15, -0.1) is 0 Å². The van der Waals surface area contributed by atoms with E-state index in [1.165, 1.54) is 6.20 Å². The first-order valence-corrected chi connectivity index (χ1v) is 6.07. The van der Waals surface area contributed by atoms with Gasteiger partial charge in [-0.1, -0.05) is 11.6 Å². The molecule has 0 spiro atoms. The Bertz CT molecular complexity index is 354. The Labute approximate surface area is 104 Å². The van der Waals surface area contributed by atoms with Crippen molar-refractivity contribution in [3.05, 3.63) is 16.5 Å². The number of rotatable bonds is 2. The highest BCUT2D eigenvalue weighted by Gasteiger charge is 2.16. The molecule has 0 aliphatic carbocycles. The van der Waals surface area contributed by atoms with E-state index in [2.05, 4.69) is 15.3 Å². The molecular formula is C10H13Cl2N3O. The molecule has 16 heavy (non-hydrogen) atoms. The largest absolute Gasteiger partial charge is 0.473 e. The van der Waals surface area contributed by atoms with Crippen molar-refractivity contribution in [3.63, 3.8) is 0 Å². The van der Waals surface area contributed by atoms with Gasteiger partial charge in [0.05, 0.1) is 6.20 Å². The standard InChI is InChI=1S/C10H13Cl2N3O/c11-8-6-14-10(12)15-9(8)16-7-2-1-4-13-5-3-7/h6-7,13H,1-5H2. The van der Waals surface area contributed by atoms with E-state index in [1.807, 2.05) is 0 Å². The lowest BCUT2D eigenvalue weighted by Gasteiger charge is -2.16. The number of hydrogen-bond acceptors (Lipinski definition) is 4. The lowest BCUT2D eigenvalue weighted by atomic mass is 10.2. The average molecular weight is 262 g/mol. The lowest BCUT2D eigenvalue weighted by molar-refractivity contribution is 0.179.